The number of nitro groups is 1. The van der Waals surface area contributed by atoms with Crippen molar-refractivity contribution in [2.75, 3.05) is 11.9 Å². The number of aliphatic hydroxyl groups excluding tert-OH is 1. The minimum Gasteiger partial charge on any atom is -0.393 e. The van der Waals surface area contributed by atoms with Crippen LogP contribution in [-0.4, -0.2) is 22.7 Å². The fraction of sp³-hybridized carbons (Fsp3) is 0.571. The molecule has 0 atom stereocenters. The number of benzene rings is 1. The van der Waals surface area contributed by atoms with Crippen LogP contribution >= 0.6 is 0 Å². The molecule has 1 aliphatic carbocycles. The van der Waals surface area contributed by atoms with E-state index in [1.807, 2.05) is 6.07 Å². The number of aliphatic hydroxyl groups is 1. The Bertz CT molecular complexity index is 454. The first kappa shape index (κ1) is 13.8. The fourth-order valence-corrected chi connectivity index (χ4v) is 2.58. The van der Waals surface area contributed by atoms with Gasteiger partial charge in [-0.3, -0.25) is 10.1 Å². The minimum absolute atomic E-state index is 0.127. The van der Waals surface area contributed by atoms with Crippen LogP contribution in [0.2, 0.25) is 0 Å². The first-order valence-electron chi connectivity index (χ1n) is 6.73. The van der Waals surface area contributed by atoms with Gasteiger partial charge >= 0.3 is 0 Å². The molecular formula is C14H20N2O3. The number of nitrogens with zero attached hydrogens (tertiary/aromatic N) is 1. The molecule has 0 bridgehead atoms. The number of hydrogen-bond donors (Lipinski definition) is 2. The zero-order valence-corrected chi connectivity index (χ0v) is 11.1. The van der Waals surface area contributed by atoms with Crippen LogP contribution in [0.25, 0.3) is 0 Å². The Morgan fingerprint density at radius 3 is 2.63 bits per heavy atom. The molecule has 1 saturated carbocycles. The molecule has 1 aromatic carbocycles. The molecule has 5 heteroatoms. The van der Waals surface area contributed by atoms with E-state index in [-0.39, 0.29) is 16.7 Å². The van der Waals surface area contributed by atoms with E-state index >= 15 is 0 Å². The molecule has 0 amide bonds. The summed E-state index contributed by atoms with van der Waals surface area (Å²) in [4.78, 5) is 10.4. The molecule has 0 aliphatic heterocycles. The van der Waals surface area contributed by atoms with E-state index in [1.54, 1.807) is 19.1 Å². The van der Waals surface area contributed by atoms with Gasteiger partial charge in [0.15, 0.2) is 0 Å². The first-order chi connectivity index (χ1) is 9.06. The SMILES string of the molecule is Cc1cc(NCC2CCC(O)CC2)ccc1[N+](=O)[O-]. The second-order valence-electron chi connectivity index (χ2n) is 5.31. The smallest absolute Gasteiger partial charge is 0.272 e. The lowest BCUT2D eigenvalue weighted by Crippen LogP contribution is -2.23. The van der Waals surface area contributed by atoms with E-state index in [4.69, 9.17) is 0 Å². The van der Waals surface area contributed by atoms with Gasteiger partial charge in [0.1, 0.15) is 0 Å². The largest absolute Gasteiger partial charge is 0.393 e. The van der Waals surface area contributed by atoms with Crippen LogP contribution in [-0.2, 0) is 0 Å². The summed E-state index contributed by atoms with van der Waals surface area (Å²) >= 11 is 0. The Hall–Kier alpha value is -1.62. The van der Waals surface area contributed by atoms with Crippen LogP contribution in [0.4, 0.5) is 11.4 Å². The summed E-state index contributed by atoms with van der Waals surface area (Å²) in [5.74, 6) is 0.582. The van der Waals surface area contributed by atoms with Crippen LogP contribution in [0, 0.1) is 23.0 Å². The summed E-state index contributed by atoms with van der Waals surface area (Å²) < 4.78 is 0. The third kappa shape index (κ3) is 3.67. The van der Waals surface area contributed by atoms with Crippen molar-refractivity contribution in [2.45, 2.75) is 38.7 Å². The van der Waals surface area contributed by atoms with Crippen molar-refractivity contribution in [3.05, 3.63) is 33.9 Å². The Kier molecular flexibility index (Phi) is 4.37. The van der Waals surface area contributed by atoms with E-state index < -0.39 is 0 Å². The maximum Gasteiger partial charge on any atom is 0.272 e. The van der Waals surface area contributed by atoms with Crippen molar-refractivity contribution in [2.24, 2.45) is 5.92 Å². The molecule has 0 radical (unpaired) electrons. The molecule has 2 N–H and O–H groups in total. The van der Waals surface area contributed by atoms with E-state index in [2.05, 4.69) is 5.32 Å². The molecule has 1 fully saturated rings. The average Bonchev–Trinajstić information content (AvgIpc) is 2.37. The van der Waals surface area contributed by atoms with E-state index in [0.29, 0.717) is 11.5 Å². The summed E-state index contributed by atoms with van der Waals surface area (Å²) in [6.45, 7) is 2.62. The van der Waals surface area contributed by atoms with Crippen molar-refractivity contribution >= 4 is 11.4 Å². The molecule has 1 aliphatic rings. The van der Waals surface area contributed by atoms with Gasteiger partial charge in [0.25, 0.3) is 5.69 Å². The first-order valence-corrected chi connectivity index (χ1v) is 6.73. The van der Waals surface area contributed by atoms with Gasteiger partial charge in [-0.25, -0.2) is 0 Å². The van der Waals surface area contributed by atoms with Crippen molar-refractivity contribution in [3.63, 3.8) is 0 Å². The molecule has 0 heterocycles. The lowest BCUT2D eigenvalue weighted by atomic mass is 9.87. The van der Waals surface area contributed by atoms with E-state index in [9.17, 15) is 15.2 Å². The molecular weight excluding hydrogens is 244 g/mol. The number of hydrogen-bond acceptors (Lipinski definition) is 4. The minimum atomic E-state index is -0.359. The monoisotopic (exact) mass is 264 g/mol. The highest BCUT2D eigenvalue weighted by Gasteiger charge is 2.19. The number of rotatable bonds is 4. The van der Waals surface area contributed by atoms with Crippen LogP contribution < -0.4 is 5.32 Å². The van der Waals surface area contributed by atoms with Gasteiger partial charge in [-0.05, 0) is 50.7 Å². The summed E-state index contributed by atoms with van der Waals surface area (Å²) in [5, 5.41) is 23.5. The quantitative estimate of drug-likeness (QED) is 0.647. The molecule has 104 valence electrons. The molecule has 2 rings (SSSR count). The lowest BCUT2D eigenvalue weighted by Gasteiger charge is -2.25. The number of anilines is 1. The maximum atomic E-state index is 10.7. The third-order valence-corrected chi connectivity index (χ3v) is 3.80. The fourth-order valence-electron chi connectivity index (χ4n) is 2.58. The highest BCUT2D eigenvalue weighted by molar-refractivity contribution is 5.53. The molecule has 0 spiro atoms. The third-order valence-electron chi connectivity index (χ3n) is 3.80. The van der Waals surface area contributed by atoms with E-state index in [1.165, 1.54) is 0 Å². The highest BCUT2D eigenvalue weighted by Crippen LogP contribution is 2.26. The number of nitro benzene ring substituents is 1. The predicted octanol–water partition coefficient (Wildman–Crippen LogP) is 2.87. The van der Waals surface area contributed by atoms with Crippen molar-refractivity contribution in [1.29, 1.82) is 0 Å². The molecule has 0 saturated heterocycles. The van der Waals surface area contributed by atoms with Gasteiger partial charge < -0.3 is 10.4 Å². The average molecular weight is 264 g/mol. The predicted molar refractivity (Wildman–Crippen MR) is 74.3 cm³/mol. The molecule has 5 nitrogen and oxygen atoms in total. The Balaban J connectivity index is 1.89. The van der Waals surface area contributed by atoms with Gasteiger partial charge in [-0.15, -0.1) is 0 Å². The highest BCUT2D eigenvalue weighted by atomic mass is 16.6. The molecule has 19 heavy (non-hydrogen) atoms. The Morgan fingerprint density at radius 1 is 1.37 bits per heavy atom. The molecule has 0 unspecified atom stereocenters. The summed E-state index contributed by atoms with van der Waals surface area (Å²) in [6.07, 6.45) is 3.72. The molecule has 0 aromatic heterocycles. The zero-order valence-electron chi connectivity index (χ0n) is 11.1. The lowest BCUT2D eigenvalue weighted by molar-refractivity contribution is -0.385. The van der Waals surface area contributed by atoms with Gasteiger partial charge in [0, 0.05) is 23.9 Å². The number of aryl methyl sites for hydroxylation is 1. The molecule has 1 aromatic rings. The van der Waals surface area contributed by atoms with Crippen molar-refractivity contribution in [3.8, 4) is 0 Å². The summed E-state index contributed by atoms with van der Waals surface area (Å²) in [5.41, 5.74) is 1.76. The Labute approximate surface area is 112 Å². The topological polar surface area (TPSA) is 75.4 Å². The summed E-state index contributed by atoms with van der Waals surface area (Å²) in [7, 11) is 0. The van der Waals surface area contributed by atoms with Crippen molar-refractivity contribution < 1.29 is 10.0 Å². The number of nitrogens with one attached hydrogen (secondary N) is 1. The standard InChI is InChI=1S/C14H20N2O3/c1-10-8-12(4-7-14(10)16(18)19)15-9-11-2-5-13(17)6-3-11/h4,7-8,11,13,15,17H,2-3,5-6,9H2,1H3. The van der Waals surface area contributed by atoms with Gasteiger partial charge in [0.05, 0.1) is 11.0 Å². The van der Waals surface area contributed by atoms with Gasteiger partial charge in [0.2, 0.25) is 0 Å². The Morgan fingerprint density at radius 2 is 2.05 bits per heavy atom. The van der Waals surface area contributed by atoms with Crippen molar-refractivity contribution in [1.82, 2.24) is 0 Å². The zero-order chi connectivity index (χ0) is 13.8. The van der Waals surface area contributed by atoms with Crippen LogP contribution in [0.15, 0.2) is 18.2 Å². The van der Waals surface area contributed by atoms with Crippen LogP contribution in [0.1, 0.15) is 31.2 Å². The van der Waals surface area contributed by atoms with Gasteiger partial charge in [-0.1, -0.05) is 0 Å². The van der Waals surface area contributed by atoms with Crippen LogP contribution in [0.5, 0.6) is 0 Å². The van der Waals surface area contributed by atoms with E-state index in [0.717, 1.165) is 37.9 Å². The second-order valence-corrected chi connectivity index (χ2v) is 5.31. The normalized spacial score (nSPS) is 23.1. The maximum absolute atomic E-state index is 10.7. The van der Waals surface area contributed by atoms with Gasteiger partial charge in [-0.2, -0.15) is 0 Å². The summed E-state index contributed by atoms with van der Waals surface area (Å²) in [6, 6.07) is 5.11. The van der Waals surface area contributed by atoms with Crippen LogP contribution in [0.3, 0.4) is 0 Å². The second kappa shape index (κ2) is 6.02.